The lowest BCUT2D eigenvalue weighted by atomic mass is 9.86. The Bertz CT molecular complexity index is 8650. The summed E-state index contributed by atoms with van der Waals surface area (Å²) in [5, 5.41) is 80.4. The van der Waals surface area contributed by atoms with Gasteiger partial charge in [0.2, 0.25) is 0 Å². The predicted octanol–water partition coefficient (Wildman–Crippen LogP) is 26.2. The molecule has 120 heavy (non-hydrogen) atoms. The van der Waals surface area contributed by atoms with Gasteiger partial charge in [-0.3, -0.25) is 0 Å². The lowest BCUT2D eigenvalue weighted by Crippen LogP contribution is -2.11. The van der Waals surface area contributed by atoms with Crippen molar-refractivity contribution in [2.24, 2.45) is 0 Å². The molecule has 0 aliphatic heterocycles. The van der Waals surface area contributed by atoms with E-state index in [2.05, 4.69) is 276 Å². The monoisotopic (exact) mass is 1520 g/mol. The first-order valence-corrected chi connectivity index (χ1v) is 39.6. The van der Waals surface area contributed by atoms with Gasteiger partial charge in [0.05, 0.1) is 134 Å². The quantitative estimate of drug-likeness (QED) is 0.132. The van der Waals surface area contributed by atoms with E-state index >= 15 is 0 Å². The third-order valence-electron chi connectivity index (χ3n) is 24.5. The molecule has 6 heterocycles. The molecule has 0 saturated heterocycles. The number of para-hydroxylation sites is 8. The zero-order valence-electron chi connectivity index (χ0n) is 63.9. The number of aromatic nitrogens is 6. The van der Waals surface area contributed by atoms with Gasteiger partial charge in [-0.25, -0.2) is 0 Å². The van der Waals surface area contributed by atoms with Crippen molar-refractivity contribution < 1.29 is 0 Å². The van der Waals surface area contributed by atoms with Crippen LogP contribution in [0.2, 0.25) is 0 Å². The molecule has 0 radical (unpaired) electrons. The minimum absolute atomic E-state index is 0.232. The minimum Gasteiger partial charge on any atom is -0.308 e. The van der Waals surface area contributed by atoms with E-state index in [1.165, 1.54) is 0 Å². The summed E-state index contributed by atoms with van der Waals surface area (Å²) in [5.41, 5.74) is 23.2. The first kappa shape index (κ1) is 68.1. The van der Waals surface area contributed by atoms with Gasteiger partial charge in [-0.05, 0) is 143 Å². The first-order chi connectivity index (χ1) is 59.4. The van der Waals surface area contributed by atoms with E-state index in [1.807, 2.05) is 140 Å². The van der Waals surface area contributed by atoms with Crippen LogP contribution in [0.1, 0.15) is 33.4 Å². The number of hydrogen-bond donors (Lipinski definition) is 0. The summed E-state index contributed by atoms with van der Waals surface area (Å²) in [4.78, 5) is 0. The van der Waals surface area contributed by atoms with Gasteiger partial charge in [0, 0.05) is 75.8 Å². The molecule has 6 aromatic heterocycles. The Morgan fingerprint density at radius 1 is 0.175 bits per heavy atom. The van der Waals surface area contributed by atoms with E-state index in [1.54, 1.807) is 0 Å². The normalized spacial score (nSPS) is 11.6. The second kappa shape index (κ2) is 26.5. The van der Waals surface area contributed by atoms with Crippen molar-refractivity contribution in [3.8, 4) is 115 Å². The van der Waals surface area contributed by atoms with E-state index in [0.717, 1.165) is 176 Å². The zero-order chi connectivity index (χ0) is 80.1. The van der Waals surface area contributed by atoms with E-state index in [4.69, 9.17) is 0 Å². The van der Waals surface area contributed by atoms with E-state index < -0.39 is 0 Å². The maximum absolute atomic E-state index is 11.8. The molecule has 12 heteroatoms. The molecule has 0 fully saturated rings. The fourth-order valence-electron chi connectivity index (χ4n) is 19.5. The van der Waals surface area contributed by atoms with Crippen molar-refractivity contribution in [3.05, 3.63) is 385 Å². The van der Waals surface area contributed by atoms with Crippen molar-refractivity contribution in [1.82, 2.24) is 27.4 Å². The lowest BCUT2D eigenvalue weighted by Gasteiger charge is -2.26. The summed E-state index contributed by atoms with van der Waals surface area (Å²) >= 11 is 0. The molecule has 12 nitrogen and oxygen atoms in total. The largest absolute Gasteiger partial charge is 0.308 e. The average molecular weight is 1520 g/mol. The molecule has 0 aliphatic carbocycles. The summed E-state index contributed by atoms with van der Waals surface area (Å²) in [5.74, 6) is 0. The maximum Gasteiger partial charge on any atom is 0.103 e. The summed E-state index contributed by atoms with van der Waals surface area (Å²) < 4.78 is 13.3. The maximum atomic E-state index is 11.8. The molecule has 0 unspecified atom stereocenters. The molecule has 0 aliphatic rings. The third-order valence-corrected chi connectivity index (χ3v) is 24.5. The number of nitriles is 6. The summed E-state index contributed by atoms with van der Waals surface area (Å²) in [6.07, 6.45) is 0. The highest BCUT2D eigenvalue weighted by atomic mass is 15.1. The third kappa shape index (κ3) is 9.68. The number of fused-ring (bicyclic) bond motifs is 18. The predicted molar refractivity (Wildman–Crippen MR) is 483 cm³/mol. The fraction of sp³-hybridized carbons (Fsp3) is 0. The minimum atomic E-state index is 0.232. The molecule has 0 amide bonds. The van der Waals surface area contributed by atoms with Crippen molar-refractivity contribution in [3.63, 3.8) is 0 Å². The van der Waals surface area contributed by atoms with Crippen molar-refractivity contribution >= 4 is 131 Å². The Hall–Kier alpha value is -17.5. The van der Waals surface area contributed by atoms with Crippen LogP contribution in [0.4, 0.5) is 0 Å². The molecule has 0 saturated carbocycles. The summed E-state index contributed by atoms with van der Waals surface area (Å²) in [6.45, 7) is 0. The second-order valence-corrected chi connectivity index (χ2v) is 30.4. The van der Waals surface area contributed by atoms with Gasteiger partial charge in [-0.2, -0.15) is 31.6 Å². The molecule has 0 N–H and O–H groups in total. The van der Waals surface area contributed by atoms with E-state index in [9.17, 15) is 31.6 Å². The lowest BCUT2D eigenvalue weighted by molar-refractivity contribution is 1.09. The van der Waals surface area contributed by atoms with E-state index in [0.29, 0.717) is 33.9 Å². The fourth-order valence-corrected chi connectivity index (χ4v) is 19.5. The zero-order valence-corrected chi connectivity index (χ0v) is 63.9. The van der Waals surface area contributed by atoms with Crippen LogP contribution in [0.5, 0.6) is 0 Å². The van der Waals surface area contributed by atoms with Gasteiger partial charge in [-0.1, -0.05) is 243 Å². The average Bonchev–Trinajstić information content (AvgIpc) is 1.48. The van der Waals surface area contributed by atoms with Gasteiger partial charge in [0.15, 0.2) is 0 Å². The van der Waals surface area contributed by atoms with Gasteiger partial charge in [-0.15, -0.1) is 0 Å². The number of rotatable bonds is 10. The SMILES string of the molecule is N#Cc1cc(-n2c3ccccc3c3cc(-c4ccc5c(c4)c4ccccc4n5-c4c(-c5ccccc5)c(C#N)c(C#N)c(-c5ccccc5)c4-n4c5ccccc5c5ccccc54)ccc32)c(-n2c3ccccc3c3ccc(-c4cccc5c4c4ccccc4n5-c4ccc(-n5c6ccccc6c6ccccc65)c(C#N)c4C#N)cc32)cc1C#N. The topological polar surface area (TPSA) is 172 Å². The van der Waals surface area contributed by atoms with Crippen LogP contribution in [-0.4, -0.2) is 27.4 Å². The molecule has 550 valence electrons. The first-order valence-electron chi connectivity index (χ1n) is 39.6. The van der Waals surface area contributed by atoms with Crippen LogP contribution in [0.3, 0.4) is 0 Å². The smallest absolute Gasteiger partial charge is 0.103 e. The van der Waals surface area contributed by atoms with Gasteiger partial charge >= 0.3 is 0 Å². The van der Waals surface area contributed by atoms with Gasteiger partial charge < -0.3 is 27.4 Å². The molecule has 23 aromatic rings. The van der Waals surface area contributed by atoms with Gasteiger partial charge in [0.1, 0.15) is 36.4 Å². The molecule has 0 bridgehead atoms. The Labute approximate surface area is 685 Å². The summed E-state index contributed by atoms with van der Waals surface area (Å²) in [7, 11) is 0. The molecule has 17 aromatic carbocycles. The van der Waals surface area contributed by atoms with Crippen molar-refractivity contribution in [2.75, 3.05) is 0 Å². The van der Waals surface area contributed by atoms with Crippen LogP contribution >= 0.6 is 0 Å². The Kier molecular flexibility index (Phi) is 15.1. The highest BCUT2D eigenvalue weighted by Crippen LogP contribution is 2.52. The molecule has 0 atom stereocenters. The number of hydrogen-bond acceptors (Lipinski definition) is 6. The van der Waals surface area contributed by atoms with Crippen molar-refractivity contribution in [1.29, 1.82) is 31.6 Å². The Balaban J connectivity index is 0.709. The van der Waals surface area contributed by atoms with Crippen LogP contribution in [0, 0.1) is 68.0 Å². The standard InChI is InChI=1S/C108H58N12/c109-59-70-57-102(103(58-71(70)60-110)118-90-39-17-9-32-77(90)80-49-46-69(56-101(80)118)72-36-23-45-100-106(72)81-35-14-22-44-95(81)116(100)99-53-52-98(84(61-111)85(99)62-112)115-88-37-15-7-28-73(88)74-29-8-16-38-89(74)115)117-91-40-18-12-33-78(91)82-54-67(47-50-96(82)117)68-48-51-97-83(55-68)79-34-13-21-43-94(79)120(97)108-105(66-26-5-2-6-27-66)87(64-114)86(63-113)104(65-24-3-1-4-25-65)107(108)119-92-41-19-10-30-75(92)76-31-11-20-42-93(76)119/h1-58H. The van der Waals surface area contributed by atoms with E-state index in [-0.39, 0.29) is 33.4 Å². The number of benzene rings is 17. The Morgan fingerprint density at radius 3 is 0.875 bits per heavy atom. The van der Waals surface area contributed by atoms with Crippen molar-refractivity contribution in [2.45, 2.75) is 0 Å². The van der Waals surface area contributed by atoms with Gasteiger partial charge in [0.25, 0.3) is 0 Å². The molecular weight excluding hydrogens is 1470 g/mol. The second-order valence-electron chi connectivity index (χ2n) is 30.4. The summed E-state index contributed by atoms with van der Waals surface area (Å²) in [6, 6.07) is 135. The van der Waals surface area contributed by atoms with Crippen LogP contribution < -0.4 is 0 Å². The Morgan fingerprint density at radius 2 is 0.475 bits per heavy atom. The molecular formula is C108H58N12. The van der Waals surface area contributed by atoms with Crippen LogP contribution in [0.15, 0.2) is 352 Å². The highest BCUT2D eigenvalue weighted by molar-refractivity contribution is 6.20. The van der Waals surface area contributed by atoms with Crippen LogP contribution in [-0.2, 0) is 0 Å². The highest BCUT2D eigenvalue weighted by Gasteiger charge is 2.34. The number of nitrogens with zero attached hydrogens (tertiary/aromatic N) is 12. The molecule has 23 rings (SSSR count). The van der Waals surface area contributed by atoms with Crippen LogP contribution in [0.25, 0.3) is 209 Å². The molecule has 0 spiro atoms.